The van der Waals surface area contributed by atoms with E-state index in [-0.39, 0.29) is 5.82 Å². The van der Waals surface area contributed by atoms with Crippen molar-refractivity contribution < 1.29 is 4.39 Å². The van der Waals surface area contributed by atoms with Gasteiger partial charge < -0.3 is 5.32 Å². The molecule has 1 saturated carbocycles. The molecular formula is C14H20FN. The summed E-state index contributed by atoms with van der Waals surface area (Å²) < 4.78 is 13.5. The topological polar surface area (TPSA) is 12.0 Å². The average molecular weight is 221 g/mol. The van der Waals surface area contributed by atoms with Crippen molar-refractivity contribution >= 4 is 0 Å². The molecule has 1 unspecified atom stereocenters. The lowest BCUT2D eigenvalue weighted by Gasteiger charge is -2.13. The molecule has 1 nitrogen and oxygen atoms in total. The van der Waals surface area contributed by atoms with Gasteiger partial charge in [-0.1, -0.05) is 24.6 Å². The van der Waals surface area contributed by atoms with Crippen LogP contribution in [0.2, 0.25) is 0 Å². The standard InChI is InChI=1S/C14H20FN/c1-10-3-6-14(15)12(7-10)8-11(2)9-16-13-4-5-13/h3,6-7,11,13,16H,4-5,8-9H2,1-2H3. The van der Waals surface area contributed by atoms with Crippen molar-refractivity contribution in [2.45, 2.75) is 39.2 Å². The van der Waals surface area contributed by atoms with Gasteiger partial charge in [0.15, 0.2) is 0 Å². The molecule has 1 atom stereocenters. The Labute approximate surface area is 97.1 Å². The van der Waals surface area contributed by atoms with Crippen LogP contribution >= 0.6 is 0 Å². The van der Waals surface area contributed by atoms with Crippen molar-refractivity contribution in [3.8, 4) is 0 Å². The molecule has 1 aliphatic rings. The number of hydrogen-bond donors (Lipinski definition) is 1. The lowest BCUT2D eigenvalue weighted by atomic mass is 9.99. The van der Waals surface area contributed by atoms with Crippen molar-refractivity contribution in [3.05, 3.63) is 35.1 Å². The van der Waals surface area contributed by atoms with E-state index in [4.69, 9.17) is 0 Å². The Balaban J connectivity index is 1.88. The quantitative estimate of drug-likeness (QED) is 0.805. The molecule has 0 spiro atoms. The molecule has 2 rings (SSSR count). The van der Waals surface area contributed by atoms with Gasteiger partial charge in [-0.2, -0.15) is 0 Å². The number of rotatable bonds is 5. The van der Waals surface area contributed by atoms with Crippen molar-refractivity contribution in [2.24, 2.45) is 5.92 Å². The van der Waals surface area contributed by atoms with Crippen LogP contribution in [0.25, 0.3) is 0 Å². The van der Waals surface area contributed by atoms with Gasteiger partial charge in [0, 0.05) is 6.04 Å². The smallest absolute Gasteiger partial charge is 0.126 e. The second kappa shape index (κ2) is 4.96. The highest BCUT2D eigenvalue weighted by Gasteiger charge is 2.21. The van der Waals surface area contributed by atoms with Crippen LogP contribution in [-0.4, -0.2) is 12.6 Å². The van der Waals surface area contributed by atoms with E-state index in [1.165, 1.54) is 12.8 Å². The van der Waals surface area contributed by atoms with Gasteiger partial charge in [-0.05, 0) is 50.3 Å². The summed E-state index contributed by atoms with van der Waals surface area (Å²) >= 11 is 0. The molecule has 16 heavy (non-hydrogen) atoms. The third-order valence-corrected chi connectivity index (χ3v) is 3.10. The second-order valence-corrected chi connectivity index (χ2v) is 5.09. The Kier molecular flexibility index (Phi) is 3.59. The normalized spacial score (nSPS) is 17.4. The van der Waals surface area contributed by atoms with Gasteiger partial charge in [-0.15, -0.1) is 0 Å². The van der Waals surface area contributed by atoms with Crippen molar-refractivity contribution in [2.75, 3.05) is 6.54 Å². The summed E-state index contributed by atoms with van der Waals surface area (Å²) in [5, 5.41) is 3.49. The molecular weight excluding hydrogens is 201 g/mol. The molecule has 0 aliphatic heterocycles. The fourth-order valence-corrected chi connectivity index (χ4v) is 1.96. The van der Waals surface area contributed by atoms with Gasteiger partial charge in [0.1, 0.15) is 5.82 Å². The third-order valence-electron chi connectivity index (χ3n) is 3.10. The predicted octanol–water partition coefficient (Wildman–Crippen LogP) is 3.06. The average Bonchev–Trinajstić information content (AvgIpc) is 3.04. The molecule has 1 aromatic carbocycles. The van der Waals surface area contributed by atoms with Crippen molar-refractivity contribution in [1.29, 1.82) is 0 Å². The summed E-state index contributed by atoms with van der Waals surface area (Å²) in [6.07, 6.45) is 3.45. The summed E-state index contributed by atoms with van der Waals surface area (Å²) in [5.74, 6) is 0.431. The van der Waals surface area contributed by atoms with Crippen LogP contribution in [0.3, 0.4) is 0 Å². The maximum absolute atomic E-state index is 13.5. The zero-order valence-electron chi connectivity index (χ0n) is 10.1. The molecule has 2 heteroatoms. The van der Waals surface area contributed by atoms with Crippen molar-refractivity contribution in [3.63, 3.8) is 0 Å². The number of halogens is 1. The first-order valence-electron chi connectivity index (χ1n) is 6.13. The highest BCUT2D eigenvalue weighted by molar-refractivity contribution is 5.24. The number of aryl methyl sites for hydroxylation is 1. The first kappa shape index (κ1) is 11.6. The number of benzene rings is 1. The Bertz CT molecular complexity index is 358. The lowest BCUT2D eigenvalue weighted by molar-refractivity contribution is 0.495. The Morgan fingerprint density at radius 2 is 2.19 bits per heavy atom. The lowest BCUT2D eigenvalue weighted by Crippen LogP contribution is -2.24. The number of nitrogens with one attached hydrogen (secondary N) is 1. The van der Waals surface area contributed by atoms with Gasteiger partial charge in [-0.3, -0.25) is 0 Å². The molecule has 1 aliphatic carbocycles. The molecule has 1 aromatic rings. The molecule has 88 valence electrons. The molecule has 0 saturated heterocycles. The highest BCUT2D eigenvalue weighted by Crippen LogP contribution is 2.20. The summed E-state index contributed by atoms with van der Waals surface area (Å²) in [6, 6.07) is 6.10. The third kappa shape index (κ3) is 3.31. The Hall–Kier alpha value is -0.890. The largest absolute Gasteiger partial charge is 0.314 e. The van der Waals surface area contributed by atoms with E-state index in [1.54, 1.807) is 6.07 Å². The summed E-state index contributed by atoms with van der Waals surface area (Å²) in [6.45, 7) is 5.19. The molecule has 0 heterocycles. The predicted molar refractivity (Wildman–Crippen MR) is 65.0 cm³/mol. The van der Waals surface area contributed by atoms with E-state index in [0.29, 0.717) is 5.92 Å². The minimum atomic E-state index is -0.0659. The highest BCUT2D eigenvalue weighted by atomic mass is 19.1. The van der Waals surface area contributed by atoms with Gasteiger partial charge >= 0.3 is 0 Å². The molecule has 0 bridgehead atoms. The van der Waals surface area contributed by atoms with Crippen LogP contribution in [0.1, 0.15) is 30.9 Å². The van der Waals surface area contributed by atoms with E-state index in [1.807, 2.05) is 19.1 Å². The van der Waals surface area contributed by atoms with Gasteiger partial charge in [0.05, 0.1) is 0 Å². The fraction of sp³-hybridized carbons (Fsp3) is 0.571. The molecule has 1 N–H and O–H groups in total. The van der Waals surface area contributed by atoms with E-state index in [0.717, 1.165) is 30.1 Å². The minimum Gasteiger partial charge on any atom is -0.314 e. The van der Waals surface area contributed by atoms with Gasteiger partial charge in [-0.25, -0.2) is 4.39 Å². The van der Waals surface area contributed by atoms with E-state index >= 15 is 0 Å². The van der Waals surface area contributed by atoms with E-state index in [2.05, 4.69) is 12.2 Å². The number of hydrogen-bond acceptors (Lipinski definition) is 1. The molecule has 0 aromatic heterocycles. The fourth-order valence-electron chi connectivity index (χ4n) is 1.96. The minimum absolute atomic E-state index is 0.0659. The monoisotopic (exact) mass is 221 g/mol. The summed E-state index contributed by atoms with van der Waals surface area (Å²) in [7, 11) is 0. The van der Waals surface area contributed by atoms with Crippen LogP contribution in [-0.2, 0) is 6.42 Å². The molecule has 0 radical (unpaired) electrons. The summed E-state index contributed by atoms with van der Waals surface area (Å²) in [4.78, 5) is 0. The first-order chi connectivity index (χ1) is 7.65. The first-order valence-corrected chi connectivity index (χ1v) is 6.13. The van der Waals surface area contributed by atoms with Crippen LogP contribution in [0.4, 0.5) is 4.39 Å². The molecule has 0 amide bonds. The molecule has 1 fully saturated rings. The van der Waals surface area contributed by atoms with E-state index in [9.17, 15) is 4.39 Å². The Morgan fingerprint density at radius 1 is 1.44 bits per heavy atom. The Morgan fingerprint density at radius 3 is 2.88 bits per heavy atom. The van der Waals surface area contributed by atoms with Crippen LogP contribution < -0.4 is 5.32 Å². The second-order valence-electron chi connectivity index (χ2n) is 5.09. The maximum atomic E-state index is 13.5. The maximum Gasteiger partial charge on any atom is 0.126 e. The van der Waals surface area contributed by atoms with E-state index < -0.39 is 0 Å². The van der Waals surface area contributed by atoms with Crippen molar-refractivity contribution in [1.82, 2.24) is 5.32 Å². The summed E-state index contributed by atoms with van der Waals surface area (Å²) in [5.41, 5.74) is 1.99. The van der Waals surface area contributed by atoms with Crippen LogP contribution in [0.5, 0.6) is 0 Å². The zero-order chi connectivity index (χ0) is 11.5. The van der Waals surface area contributed by atoms with Gasteiger partial charge in [0.2, 0.25) is 0 Å². The van der Waals surface area contributed by atoms with Gasteiger partial charge in [0.25, 0.3) is 0 Å². The zero-order valence-corrected chi connectivity index (χ0v) is 10.1. The SMILES string of the molecule is Cc1ccc(F)c(CC(C)CNC2CC2)c1. The van der Waals surface area contributed by atoms with Crippen LogP contribution in [0, 0.1) is 18.7 Å². The van der Waals surface area contributed by atoms with Crippen LogP contribution in [0.15, 0.2) is 18.2 Å².